The lowest BCUT2D eigenvalue weighted by molar-refractivity contribution is -0.122. The molecule has 0 saturated carbocycles. The van der Waals surface area contributed by atoms with Gasteiger partial charge in [-0.15, -0.1) is 0 Å². The number of ether oxygens (including phenoxy) is 1. The lowest BCUT2D eigenvalue weighted by atomic mass is 10.2. The molecule has 9 nitrogen and oxygen atoms in total. The monoisotopic (exact) mass is 365 g/mol. The second-order valence-electron chi connectivity index (χ2n) is 6.07. The minimum Gasteiger partial charge on any atom is -0.479 e. The Morgan fingerprint density at radius 2 is 2.07 bits per heavy atom. The van der Waals surface area contributed by atoms with Gasteiger partial charge in [-0.05, 0) is 31.2 Å². The van der Waals surface area contributed by atoms with Crippen molar-refractivity contribution in [1.29, 1.82) is 0 Å². The molecule has 3 amide bonds. The van der Waals surface area contributed by atoms with Crippen LogP contribution in [0.15, 0.2) is 36.4 Å². The molecular weight excluding hydrogens is 350 g/mol. The minimum atomic E-state index is -0.623. The Balaban J connectivity index is 1.61. The van der Waals surface area contributed by atoms with Gasteiger partial charge in [0.15, 0.2) is 11.9 Å². The number of H-pyrrole nitrogens is 1. The summed E-state index contributed by atoms with van der Waals surface area (Å²) >= 11 is 0. The number of carbonyl (C=O) groups is 3. The molecule has 9 heteroatoms. The van der Waals surface area contributed by atoms with E-state index in [0.717, 1.165) is 0 Å². The third-order valence-electron chi connectivity index (χ3n) is 4.16. The first-order chi connectivity index (χ1) is 12.9. The third kappa shape index (κ3) is 2.95. The van der Waals surface area contributed by atoms with Gasteiger partial charge < -0.3 is 26.1 Å². The lowest BCUT2D eigenvalue weighted by Crippen LogP contribution is -2.34. The molecule has 1 aliphatic rings. The zero-order valence-corrected chi connectivity index (χ0v) is 14.2. The number of nitrogens with two attached hydrogens (primary N) is 1. The van der Waals surface area contributed by atoms with Crippen LogP contribution in [0.2, 0.25) is 0 Å². The van der Waals surface area contributed by atoms with Crippen molar-refractivity contribution in [3.8, 4) is 5.75 Å². The Hall–Kier alpha value is -3.88. The van der Waals surface area contributed by atoms with Gasteiger partial charge in [0.1, 0.15) is 11.3 Å². The molecule has 1 atom stereocenters. The summed E-state index contributed by atoms with van der Waals surface area (Å²) in [5.74, 6) is -0.845. The number of carbonyl (C=O) groups excluding carboxylic acids is 3. The van der Waals surface area contributed by atoms with Gasteiger partial charge in [-0.3, -0.25) is 14.4 Å². The van der Waals surface area contributed by atoms with Crippen molar-refractivity contribution in [3.05, 3.63) is 47.8 Å². The van der Waals surface area contributed by atoms with E-state index in [0.29, 0.717) is 28.2 Å². The molecule has 2 heterocycles. The molecule has 2 aromatic carbocycles. The molecular formula is C18H15N5O4. The molecule has 5 N–H and O–H groups in total. The van der Waals surface area contributed by atoms with Gasteiger partial charge in [-0.2, -0.15) is 0 Å². The predicted octanol–water partition coefficient (Wildman–Crippen LogP) is 1.63. The Morgan fingerprint density at radius 3 is 2.85 bits per heavy atom. The third-order valence-corrected chi connectivity index (χ3v) is 4.16. The number of primary amides is 1. The summed E-state index contributed by atoms with van der Waals surface area (Å²) in [6.45, 7) is 1.63. The van der Waals surface area contributed by atoms with Gasteiger partial charge in [-0.25, -0.2) is 4.98 Å². The first kappa shape index (κ1) is 16.6. The first-order valence-electron chi connectivity index (χ1n) is 8.14. The number of hydrogen-bond donors (Lipinski definition) is 4. The number of rotatable bonds is 3. The van der Waals surface area contributed by atoms with Crippen LogP contribution in [0.25, 0.3) is 11.0 Å². The van der Waals surface area contributed by atoms with Crippen molar-refractivity contribution in [3.63, 3.8) is 0 Å². The molecule has 0 fully saturated rings. The van der Waals surface area contributed by atoms with Gasteiger partial charge >= 0.3 is 0 Å². The molecule has 27 heavy (non-hydrogen) atoms. The molecule has 1 aliphatic heterocycles. The van der Waals surface area contributed by atoms with Crippen LogP contribution in [0, 0.1) is 0 Å². The van der Waals surface area contributed by atoms with Crippen LogP contribution in [-0.4, -0.2) is 33.8 Å². The number of fused-ring (bicyclic) bond motifs is 2. The van der Waals surface area contributed by atoms with Crippen LogP contribution in [-0.2, 0) is 4.79 Å². The SMILES string of the molecule is C[C@@H]1Oc2cc(NC(=O)c3nc4c(C(N)=O)cccc4[nH]3)ccc2NC1=O. The summed E-state index contributed by atoms with van der Waals surface area (Å²) in [7, 11) is 0. The van der Waals surface area contributed by atoms with Crippen molar-refractivity contribution in [1.82, 2.24) is 9.97 Å². The Labute approximate surface area is 152 Å². The maximum atomic E-state index is 12.5. The number of aromatic nitrogens is 2. The van der Waals surface area contributed by atoms with E-state index in [-0.39, 0.29) is 17.3 Å². The molecule has 0 unspecified atom stereocenters. The summed E-state index contributed by atoms with van der Waals surface area (Å²) in [6.07, 6.45) is -0.619. The fraction of sp³-hybridized carbons (Fsp3) is 0.111. The second kappa shape index (κ2) is 6.13. The molecule has 4 rings (SSSR count). The number of aromatic amines is 1. The van der Waals surface area contributed by atoms with Gasteiger partial charge in [0.25, 0.3) is 17.7 Å². The van der Waals surface area contributed by atoms with E-state index in [4.69, 9.17) is 10.5 Å². The van der Waals surface area contributed by atoms with Gasteiger partial charge in [0, 0.05) is 11.8 Å². The summed E-state index contributed by atoms with van der Waals surface area (Å²) in [5, 5.41) is 5.42. The average Bonchev–Trinajstić information content (AvgIpc) is 3.07. The minimum absolute atomic E-state index is 0.0407. The summed E-state index contributed by atoms with van der Waals surface area (Å²) < 4.78 is 5.52. The van der Waals surface area contributed by atoms with Crippen LogP contribution >= 0.6 is 0 Å². The summed E-state index contributed by atoms with van der Waals surface area (Å²) in [5.41, 5.74) is 7.44. The van der Waals surface area contributed by atoms with Crippen LogP contribution < -0.4 is 21.1 Å². The van der Waals surface area contributed by atoms with E-state index in [1.165, 1.54) is 0 Å². The largest absolute Gasteiger partial charge is 0.479 e. The van der Waals surface area contributed by atoms with Crippen LogP contribution in [0.4, 0.5) is 11.4 Å². The number of benzene rings is 2. The highest BCUT2D eigenvalue weighted by Gasteiger charge is 2.24. The standard InChI is InChI=1S/C18H15N5O4/c1-8-17(25)22-11-6-5-9(7-13(11)27-8)20-18(26)16-21-12-4-2-3-10(15(19)24)14(12)23-16/h2-8H,1H3,(H2,19,24)(H,20,26)(H,21,23)(H,22,25)/t8-/m0/s1. The molecule has 0 radical (unpaired) electrons. The topological polar surface area (TPSA) is 139 Å². The van der Waals surface area contributed by atoms with Crippen molar-refractivity contribution < 1.29 is 19.1 Å². The van der Waals surface area contributed by atoms with Crippen molar-refractivity contribution in [2.75, 3.05) is 10.6 Å². The summed E-state index contributed by atoms with van der Waals surface area (Å²) in [6, 6.07) is 9.78. The van der Waals surface area contributed by atoms with Crippen LogP contribution in [0.1, 0.15) is 27.9 Å². The highest BCUT2D eigenvalue weighted by atomic mass is 16.5. The van der Waals surface area contributed by atoms with Crippen molar-refractivity contribution in [2.24, 2.45) is 5.73 Å². The Morgan fingerprint density at radius 1 is 1.26 bits per heavy atom. The van der Waals surface area contributed by atoms with E-state index in [1.807, 2.05) is 0 Å². The number of anilines is 2. The zero-order chi connectivity index (χ0) is 19.1. The number of para-hydroxylation sites is 1. The number of imidazole rings is 1. The first-order valence-corrected chi connectivity index (χ1v) is 8.14. The smallest absolute Gasteiger partial charge is 0.291 e. The van der Waals surface area contributed by atoms with Crippen LogP contribution in [0.5, 0.6) is 5.75 Å². The van der Waals surface area contributed by atoms with Crippen LogP contribution in [0.3, 0.4) is 0 Å². The van der Waals surface area contributed by atoms with Crippen molar-refractivity contribution in [2.45, 2.75) is 13.0 Å². The summed E-state index contributed by atoms with van der Waals surface area (Å²) in [4.78, 5) is 42.7. The lowest BCUT2D eigenvalue weighted by Gasteiger charge is -2.23. The average molecular weight is 365 g/mol. The van der Waals surface area contributed by atoms with E-state index >= 15 is 0 Å². The van der Waals surface area contributed by atoms with Gasteiger partial charge in [-0.1, -0.05) is 6.07 Å². The molecule has 0 bridgehead atoms. The fourth-order valence-corrected chi connectivity index (χ4v) is 2.81. The zero-order valence-electron chi connectivity index (χ0n) is 14.2. The molecule has 0 saturated heterocycles. The molecule has 0 aliphatic carbocycles. The van der Waals surface area contributed by atoms with E-state index in [2.05, 4.69) is 20.6 Å². The highest BCUT2D eigenvalue weighted by Crippen LogP contribution is 2.32. The molecule has 0 spiro atoms. The normalized spacial score (nSPS) is 15.6. The van der Waals surface area contributed by atoms with E-state index in [1.54, 1.807) is 43.3 Å². The quantitative estimate of drug-likeness (QED) is 0.559. The maximum absolute atomic E-state index is 12.5. The number of nitrogens with one attached hydrogen (secondary N) is 3. The maximum Gasteiger partial charge on any atom is 0.291 e. The van der Waals surface area contributed by atoms with Gasteiger partial charge in [0.2, 0.25) is 0 Å². The van der Waals surface area contributed by atoms with Gasteiger partial charge in [0.05, 0.1) is 16.8 Å². The number of nitrogens with zero attached hydrogens (tertiary/aromatic N) is 1. The predicted molar refractivity (Wildman–Crippen MR) is 97.7 cm³/mol. The second-order valence-corrected chi connectivity index (χ2v) is 6.07. The highest BCUT2D eigenvalue weighted by molar-refractivity contribution is 6.08. The molecule has 1 aromatic heterocycles. The van der Waals surface area contributed by atoms with E-state index in [9.17, 15) is 14.4 Å². The number of amides is 3. The Kier molecular flexibility index (Phi) is 3.76. The molecule has 136 valence electrons. The Bertz CT molecular complexity index is 1100. The van der Waals surface area contributed by atoms with E-state index < -0.39 is 17.9 Å². The fourth-order valence-electron chi connectivity index (χ4n) is 2.81. The van der Waals surface area contributed by atoms with Crippen molar-refractivity contribution >= 4 is 40.1 Å². The molecule has 3 aromatic rings. The number of hydrogen-bond acceptors (Lipinski definition) is 5.